The van der Waals surface area contributed by atoms with Crippen molar-refractivity contribution in [1.82, 2.24) is 0 Å². The quantitative estimate of drug-likeness (QED) is 0.684. The minimum atomic E-state index is 0.0688. The molecular weight excluding hydrogens is 340 g/mol. The molecule has 0 saturated heterocycles. The number of methoxy groups -OCH3 is 2. The summed E-state index contributed by atoms with van der Waals surface area (Å²) in [6.45, 7) is 4.50. The van der Waals surface area contributed by atoms with Crippen molar-refractivity contribution in [3.8, 4) is 11.5 Å². The van der Waals surface area contributed by atoms with E-state index >= 15 is 0 Å². The summed E-state index contributed by atoms with van der Waals surface area (Å²) in [5.74, 6) is 1.57. The van der Waals surface area contributed by atoms with Crippen LogP contribution in [0.25, 0.3) is 5.57 Å². The molecule has 0 aliphatic heterocycles. The van der Waals surface area contributed by atoms with Gasteiger partial charge in [-0.3, -0.25) is 0 Å². The van der Waals surface area contributed by atoms with Crippen molar-refractivity contribution in [2.45, 2.75) is 32.1 Å². The molecule has 0 heterocycles. The van der Waals surface area contributed by atoms with Gasteiger partial charge >= 0.3 is 0 Å². The number of alkyl halides is 1. The van der Waals surface area contributed by atoms with Crippen LogP contribution in [0.15, 0.2) is 22.7 Å². The predicted molar refractivity (Wildman–Crippen MR) is 87.9 cm³/mol. The lowest BCUT2D eigenvalue weighted by Gasteiger charge is -2.33. The van der Waals surface area contributed by atoms with Crippen molar-refractivity contribution in [2.24, 2.45) is 5.41 Å². The molecule has 0 saturated carbocycles. The molecule has 1 aliphatic rings. The Morgan fingerprint density at radius 2 is 1.95 bits per heavy atom. The molecule has 1 unspecified atom stereocenters. The summed E-state index contributed by atoms with van der Waals surface area (Å²) in [4.78, 5) is 0. The minimum Gasteiger partial charge on any atom is -0.495 e. The van der Waals surface area contributed by atoms with Crippen LogP contribution in [0.1, 0.15) is 32.3 Å². The molecule has 0 radical (unpaired) electrons. The maximum absolute atomic E-state index is 6.39. The molecule has 0 bridgehead atoms. The predicted octanol–water partition coefficient (Wildman–Crippen LogP) is 5.28. The summed E-state index contributed by atoms with van der Waals surface area (Å²) in [6, 6.07) is 3.99. The summed E-state index contributed by atoms with van der Waals surface area (Å²) < 4.78 is 11.7. The molecule has 0 amide bonds. The molecule has 0 N–H and O–H groups in total. The monoisotopic (exact) mass is 358 g/mol. The summed E-state index contributed by atoms with van der Waals surface area (Å²) in [5.41, 5.74) is 2.52. The highest BCUT2D eigenvalue weighted by Crippen LogP contribution is 2.46. The van der Waals surface area contributed by atoms with Gasteiger partial charge in [0.15, 0.2) is 0 Å². The molecule has 1 aromatic rings. The van der Waals surface area contributed by atoms with Crippen LogP contribution in [0.2, 0.25) is 0 Å². The van der Waals surface area contributed by atoms with E-state index in [1.165, 1.54) is 5.57 Å². The Morgan fingerprint density at radius 1 is 1.25 bits per heavy atom. The van der Waals surface area contributed by atoms with Crippen LogP contribution in [0.5, 0.6) is 11.5 Å². The zero-order valence-corrected chi connectivity index (χ0v) is 14.6. The highest BCUT2D eigenvalue weighted by atomic mass is 79.9. The van der Waals surface area contributed by atoms with Crippen molar-refractivity contribution < 1.29 is 9.47 Å². The Balaban J connectivity index is 2.50. The third-order valence-corrected chi connectivity index (χ3v) is 4.66. The first kappa shape index (κ1) is 15.7. The fourth-order valence-electron chi connectivity index (χ4n) is 2.78. The second kappa shape index (κ2) is 5.98. The first-order chi connectivity index (χ1) is 9.38. The van der Waals surface area contributed by atoms with Crippen molar-refractivity contribution in [1.29, 1.82) is 0 Å². The van der Waals surface area contributed by atoms with E-state index < -0.39 is 0 Å². The molecule has 2 nitrogen and oxygen atoms in total. The summed E-state index contributed by atoms with van der Waals surface area (Å²) in [7, 11) is 3.33. The Labute approximate surface area is 134 Å². The van der Waals surface area contributed by atoms with Crippen LogP contribution in [0.3, 0.4) is 0 Å². The van der Waals surface area contributed by atoms with Gasteiger partial charge in [0.2, 0.25) is 0 Å². The van der Waals surface area contributed by atoms with E-state index in [0.29, 0.717) is 0 Å². The van der Waals surface area contributed by atoms with Gasteiger partial charge in [0.1, 0.15) is 16.0 Å². The van der Waals surface area contributed by atoms with Crippen LogP contribution >= 0.6 is 27.5 Å². The number of ether oxygens (including phenoxy) is 2. The lowest BCUT2D eigenvalue weighted by atomic mass is 9.75. The molecule has 4 heteroatoms. The van der Waals surface area contributed by atoms with Crippen molar-refractivity contribution >= 4 is 33.1 Å². The summed E-state index contributed by atoms with van der Waals surface area (Å²) in [6.07, 6.45) is 4.13. The van der Waals surface area contributed by atoms with Crippen LogP contribution in [0, 0.1) is 5.41 Å². The molecule has 1 atom stereocenters. The van der Waals surface area contributed by atoms with Gasteiger partial charge in [0, 0.05) is 5.56 Å². The molecule has 0 aromatic heterocycles. The Kier molecular flexibility index (Phi) is 4.70. The maximum Gasteiger partial charge on any atom is 0.144 e. The van der Waals surface area contributed by atoms with E-state index in [1.54, 1.807) is 14.2 Å². The fourth-order valence-corrected chi connectivity index (χ4v) is 4.02. The third kappa shape index (κ3) is 3.15. The number of hydrogen-bond donors (Lipinski definition) is 0. The van der Waals surface area contributed by atoms with Gasteiger partial charge in [0.05, 0.1) is 19.6 Å². The molecule has 2 rings (SSSR count). The number of allylic oxidation sites excluding steroid dienone is 2. The molecular formula is C16H20BrClO2. The summed E-state index contributed by atoms with van der Waals surface area (Å²) >= 11 is 9.94. The Morgan fingerprint density at radius 3 is 2.50 bits per heavy atom. The first-order valence-corrected chi connectivity index (χ1v) is 7.86. The van der Waals surface area contributed by atoms with Gasteiger partial charge in [-0.15, -0.1) is 11.6 Å². The van der Waals surface area contributed by atoms with Gasteiger partial charge in [-0.1, -0.05) is 19.9 Å². The molecule has 0 spiro atoms. The van der Waals surface area contributed by atoms with Gasteiger partial charge in [0.25, 0.3) is 0 Å². The average molecular weight is 360 g/mol. The second-order valence-corrected chi connectivity index (χ2v) is 7.27. The largest absolute Gasteiger partial charge is 0.495 e. The Bertz CT molecular complexity index is 538. The van der Waals surface area contributed by atoms with Gasteiger partial charge < -0.3 is 9.47 Å². The highest BCUT2D eigenvalue weighted by molar-refractivity contribution is 9.10. The number of benzene rings is 1. The van der Waals surface area contributed by atoms with Gasteiger partial charge in [-0.2, -0.15) is 0 Å². The van der Waals surface area contributed by atoms with E-state index in [2.05, 4.69) is 35.9 Å². The van der Waals surface area contributed by atoms with Crippen LogP contribution in [0.4, 0.5) is 0 Å². The van der Waals surface area contributed by atoms with Crippen LogP contribution in [-0.4, -0.2) is 19.6 Å². The lowest BCUT2D eigenvalue weighted by molar-refractivity contribution is 0.339. The maximum atomic E-state index is 6.39. The zero-order chi connectivity index (χ0) is 14.9. The highest BCUT2D eigenvalue weighted by Gasteiger charge is 2.29. The van der Waals surface area contributed by atoms with E-state index in [9.17, 15) is 0 Å². The average Bonchev–Trinajstić information content (AvgIpc) is 2.35. The van der Waals surface area contributed by atoms with E-state index in [4.69, 9.17) is 21.1 Å². The number of rotatable bonds is 3. The normalized spacial score (nSPS) is 21.3. The lowest BCUT2D eigenvalue weighted by Crippen LogP contribution is -2.21. The topological polar surface area (TPSA) is 18.5 Å². The van der Waals surface area contributed by atoms with Crippen molar-refractivity contribution in [2.75, 3.05) is 14.2 Å². The van der Waals surface area contributed by atoms with E-state index in [-0.39, 0.29) is 10.8 Å². The third-order valence-electron chi connectivity index (χ3n) is 3.63. The van der Waals surface area contributed by atoms with Crippen LogP contribution < -0.4 is 9.47 Å². The molecule has 0 fully saturated rings. The minimum absolute atomic E-state index is 0.0688. The van der Waals surface area contributed by atoms with Gasteiger partial charge in [-0.25, -0.2) is 0 Å². The fraction of sp³-hybridized carbons (Fsp3) is 0.500. The van der Waals surface area contributed by atoms with Gasteiger partial charge in [-0.05, 0) is 51.9 Å². The first-order valence-electron chi connectivity index (χ1n) is 6.63. The molecule has 1 aromatic carbocycles. The summed E-state index contributed by atoms with van der Waals surface area (Å²) in [5, 5.41) is 0.0688. The Hall–Kier alpha value is -0.670. The molecule has 20 heavy (non-hydrogen) atoms. The van der Waals surface area contributed by atoms with E-state index in [1.807, 2.05) is 12.1 Å². The smallest absolute Gasteiger partial charge is 0.144 e. The second-order valence-electron chi connectivity index (χ2n) is 5.92. The number of halogens is 2. The van der Waals surface area contributed by atoms with E-state index in [0.717, 1.165) is 34.4 Å². The number of hydrogen-bond acceptors (Lipinski definition) is 2. The molecule has 110 valence electrons. The SMILES string of the molecule is COc1ccc(C2=CC(Cl)CC(C)(C)C2)c(OC)c1Br. The standard InChI is InChI=1S/C16H20BrClO2/c1-16(2)8-10(7-11(18)9-16)12-5-6-13(19-3)14(17)15(12)20-4/h5-7,11H,8-9H2,1-4H3. The molecule has 1 aliphatic carbocycles. The van der Waals surface area contributed by atoms with Crippen molar-refractivity contribution in [3.63, 3.8) is 0 Å². The zero-order valence-electron chi connectivity index (χ0n) is 12.3. The van der Waals surface area contributed by atoms with Crippen LogP contribution in [-0.2, 0) is 0 Å². The van der Waals surface area contributed by atoms with Crippen molar-refractivity contribution in [3.05, 3.63) is 28.2 Å².